The fraction of sp³-hybridized carbons (Fsp3) is 0.375. The number of halogens is 1. The summed E-state index contributed by atoms with van der Waals surface area (Å²) >= 11 is 5.36. The molecule has 0 fully saturated rings. The van der Waals surface area contributed by atoms with Gasteiger partial charge in [-0.3, -0.25) is 4.79 Å². The third kappa shape index (κ3) is 5.52. The van der Waals surface area contributed by atoms with E-state index in [1.165, 1.54) is 0 Å². The Morgan fingerprint density at radius 3 is 2.00 bits per heavy atom. The van der Waals surface area contributed by atoms with Gasteiger partial charge in [0.05, 0.1) is 0 Å². The number of hydrogen-bond acceptors (Lipinski definition) is 1. The van der Waals surface area contributed by atoms with Gasteiger partial charge in [0, 0.05) is 32.9 Å². The second-order valence-electron chi connectivity index (χ2n) is 2.01. The van der Waals surface area contributed by atoms with Gasteiger partial charge in [0.25, 0.3) is 0 Å². The fourth-order valence-electron chi connectivity index (χ4n) is 0.674. The summed E-state index contributed by atoms with van der Waals surface area (Å²) in [5.74, 6) is -0.0757. The molecular weight excluding hydrogens is 352 g/mol. The Labute approximate surface area is 91.3 Å². The molecule has 0 heterocycles. The molecule has 0 aromatic carbocycles. The summed E-state index contributed by atoms with van der Waals surface area (Å²) in [5.41, 5.74) is 0. The number of rotatable bonds is 5. The first-order valence-corrected chi connectivity index (χ1v) is 3.85. The van der Waals surface area contributed by atoms with Crippen molar-refractivity contribution in [2.24, 2.45) is 0 Å². The van der Waals surface area contributed by atoms with E-state index >= 15 is 0 Å². The molecule has 0 saturated heterocycles. The minimum atomic E-state index is -0.0912. The second-order valence-corrected chi connectivity index (χ2v) is 2.28. The van der Waals surface area contributed by atoms with Crippen LogP contribution in [0.25, 0.3) is 0 Å². The topological polar surface area (TPSA) is 20.3 Å². The fourth-order valence-corrected chi connectivity index (χ4v) is 0.843. The monoisotopic (exact) mass is 365 g/mol. The molecule has 12 heavy (non-hydrogen) atoms. The number of carbonyl (C=O) groups is 1. The molecule has 0 unspecified atom stereocenters. The second kappa shape index (κ2) is 8.97. The van der Waals surface area contributed by atoms with Crippen LogP contribution in [-0.2, 0) is 24.6 Å². The van der Waals surface area contributed by atoms with Gasteiger partial charge in [-0.1, -0.05) is 12.2 Å². The molecule has 0 radical (unpaired) electrons. The maximum atomic E-state index is 11.0. The van der Waals surface area contributed by atoms with Crippen molar-refractivity contribution in [3.05, 3.63) is 25.3 Å². The first-order chi connectivity index (χ1) is 5.26. The van der Waals surface area contributed by atoms with Crippen LogP contribution in [-0.4, -0.2) is 29.8 Å². The van der Waals surface area contributed by atoms with Gasteiger partial charge in [-0.25, -0.2) is 0 Å². The molecule has 0 aliphatic carbocycles. The van der Waals surface area contributed by atoms with Crippen LogP contribution in [0.3, 0.4) is 0 Å². The van der Waals surface area contributed by atoms with Gasteiger partial charge in [0.1, 0.15) is 5.88 Å². The maximum absolute atomic E-state index is 11.0. The standard InChI is InChI=1S/C8H12ClNO.Os/c1-3-5-10(6-4-2)8(11)7-9;/h3-4H,1-2,5-7H2;. The van der Waals surface area contributed by atoms with Crippen molar-refractivity contribution < 1.29 is 24.6 Å². The average Bonchev–Trinajstić information content (AvgIpc) is 2.03. The van der Waals surface area contributed by atoms with E-state index in [1.54, 1.807) is 17.1 Å². The molecule has 70 valence electrons. The Morgan fingerprint density at radius 2 is 1.75 bits per heavy atom. The summed E-state index contributed by atoms with van der Waals surface area (Å²) in [6, 6.07) is 0. The van der Waals surface area contributed by atoms with Crippen LogP contribution in [0.1, 0.15) is 0 Å². The first-order valence-electron chi connectivity index (χ1n) is 3.31. The van der Waals surface area contributed by atoms with Crippen LogP contribution in [0.2, 0.25) is 0 Å². The molecule has 0 N–H and O–H groups in total. The third-order valence-corrected chi connectivity index (χ3v) is 1.39. The Kier molecular flexibility index (Phi) is 10.8. The molecule has 0 aliphatic heterocycles. The number of amides is 1. The Morgan fingerprint density at radius 1 is 1.33 bits per heavy atom. The normalized spacial score (nSPS) is 8.08. The van der Waals surface area contributed by atoms with E-state index in [1.807, 2.05) is 0 Å². The summed E-state index contributed by atoms with van der Waals surface area (Å²) in [5, 5.41) is 0. The summed E-state index contributed by atoms with van der Waals surface area (Å²) in [6.07, 6.45) is 3.32. The third-order valence-electron chi connectivity index (χ3n) is 1.17. The predicted octanol–water partition coefficient (Wildman–Crippen LogP) is 1.42. The Bertz CT molecular complexity index is 151. The van der Waals surface area contributed by atoms with E-state index in [0.717, 1.165) is 0 Å². The molecule has 0 bridgehead atoms. The van der Waals surface area contributed by atoms with Gasteiger partial charge in [0.2, 0.25) is 5.91 Å². The summed E-state index contributed by atoms with van der Waals surface area (Å²) in [7, 11) is 0. The van der Waals surface area contributed by atoms with Crippen LogP contribution in [0.15, 0.2) is 25.3 Å². The zero-order valence-electron chi connectivity index (χ0n) is 6.78. The Hall–Kier alpha value is -0.124. The average molecular weight is 364 g/mol. The number of carbonyl (C=O) groups excluding carboxylic acids is 1. The minimum Gasteiger partial charge on any atom is -0.334 e. The molecule has 0 rings (SSSR count). The van der Waals surface area contributed by atoms with E-state index in [9.17, 15) is 4.79 Å². The van der Waals surface area contributed by atoms with Gasteiger partial charge < -0.3 is 4.90 Å². The van der Waals surface area contributed by atoms with E-state index < -0.39 is 0 Å². The van der Waals surface area contributed by atoms with Crippen LogP contribution < -0.4 is 0 Å². The van der Waals surface area contributed by atoms with Gasteiger partial charge >= 0.3 is 0 Å². The number of alkyl halides is 1. The van der Waals surface area contributed by atoms with E-state index in [4.69, 9.17) is 11.6 Å². The molecule has 0 spiro atoms. The molecule has 1 amide bonds. The van der Waals surface area contributed by atoms with Crippen LogP contribution in [0.4, 0.5) is 0 Å². The van der Waals surface area contributed by atoms with Crippen molar-refractivity contribution in [3.63, 3.8) is 0 Å². The summed E-state index contributed by atoms with van der Waals surface area (Å²) in [4.78, 5) is 12.6. The molecule has 4 heteroatoms. The van der Waals surface area contributed by atoms with Crippen molar-refractivity contribution in [3.8, 4) is 0 Å². The van der Waals surface area contributed by atoms with E-state index in [2.05, 4.69) is 13.2 Å². The maximum Gasteiger partial charge on any atom is 0.238 e. The zero-order chi connectivity index (χ0) is 8.69. The van der Waals surface area contributed by atoms with Crippen molar-refractivity contribution in [1.82, 2.24) is 4.90 Å². The van der Waals surface area contributed by atoms with Crippen LogP contribution in [0.5, 0.6) is 0 Å². The van der Waals surface area contributed by atoms with Crippen molar-refractivity contribution in [2.75, 3.05) is 19.0 Å². The SMILES string of the molecule is C=CCN(CC=C)C(=O)CCl.[Os]. The Balaban J connectivity index is 0. The van der Waals surface area contributed by atoms with Gasteiger partial charge in [0.15, 0.2) is 0 Å². The molecule has 0 saturated carbocycles. The van der Waals surface area contributed by atoms with E-state index in [0.29, 0.717) is 13.1 Å². The zero-order valence-corrected chi connectivity index (χ0v) is 10.1. The predicted molar refractivity (Wildman–Crippen MR) is 47.7 cm³/mol. The quantitative estimate of drug-likeness (QED) is 0.534. The van der Waals surface area contributed by atoms with Crippen molar-refractivity contribution in [2.45, 2.75) is 0 Å². The summed E-state index contributed by atoms with van der Waals surface area (Å²) < 4.78 is 0. The molecule has 0 atom stereocenters. The molecule has 0 aromatic heterocycles. The molecular formula is C8H12ClNOOs. The summed E-state index contributed by atoms with van der Waals surface area (Å²) in [6.45, 7) is 8.11. The van der Waals surface area contributed by atoms with Gasteiger partial charge in [-0.15, -0.1) is 24.8 Å². The van der Waals surface area contributed by atoms with Crippen molar-refractivity contribution >= 4 is 17.5 Å². The number of hydrogen-bond donors (Lipinski definition) is 0. The van der Waals surface area contributed by atoms with E-state index in [-0.39, 0.29) is 31.6 Å². The first kappa shape index (κ1) is 14.4. The molecule has 0 aromatic rings. The van der Waals surface area contributed by atoms with Crippen LogP contribution >= 0.6 is 11.6 Å². The molecule has 2 nitrogen and oxygen atoms in total. The van der Waals surface area contributed by atoms with Crippen molar-refractivity contribution in [1.29, 1.82) is 0 Å². The van der Waals surface area contributed by atoms with Crippen LogP contribution in [0, 0.1) is 0 Å². The van der Waals surface area contributed by atoms with Gasteiger partial charge in [-0.05, 0) is 0 Å². The largest absolute Gasteiger partial charge is 0.334 e. The smallest absolute Gasteiger partial charge is 0.238 e. The van der Waals surface area contributed by atoms with Gasteiger partial charge in [-0.2, -0.15) is 0 Å². The molecule has 0 aliphatic rings. The number of nitrogens with zero attached hydrogens (tertiary/aromatic N) is 1. The minimum absolute atomic E-state index is 0.